The molecule has 1 unspecified atom stereocenters. The molecule has 0 aliphatic heterocycles. The molecule has 0 aromatic heterocycles. The van der Waals surface area contributed by atoms with E-state index < -0.39 is 5.38 Å². The molecule has 2 nitrogen and oxygen atoms in total. The molecular weight excluding hydrogens is 242 g/mol. The van der Waals surface area contributed by atoms with E-state index in [0.717, 1.165) is 16.0 Å². The molecule has 16 heavy (non-hydrogen) atoms. The lowest BCUT2D eigenvalue weighted by molar-refractivity contribution is -0.116. The molecule has 0 heterocycles. The Bertz CT molecular complexity index is 439. The van der Waals surface area contributed by atoms with E-state index in [9.17, 15) is 4.79 Å². The highest BCUT2D eigenvalue weighted by atomic mass is 35.5. The number of benzene rings is 1. The van der Waals surface area contributed by atoms with E-state index in [2.05, 4.69) is 6.07 Å². The predicted octanol–water partition coefficient (Wildman–Crippen LogP) is 3.34. The van der Waals surface area contributed by atoms with Crippen LogP contribution in [-0.4, -0.2) is 12.0 Å². The molecule has 0 saturated carbocycles. The minimum absolute atomic E-state index is 0.0950. The Morgan fingerprint density at radius 1 is 1.62 bits per heavy atom. The van der Waals surface area contributed by atoms with Gasteiger partial charge in [-0.25, -0.2) is 0 Å². The van der Waals surface area contributed by atoms with E-state index in [0.29, 0.717) is 0 Å². The van der Waals surface area contributed by atoms with Crippen LogP contribution in [0.1, 0.15) is 23.4 Å². The number of hydrogen-bond acceptors (Lipinski definition) is 3. The van der Waals surface area contributed by atoms with Crippen LogP contribution >= 0.6 is 23.4 Å². The third-order valence-electron chi connectivity index (χ3n) is 2.26. The minimum Gasteiger partial charge on any atom is -0.298 e. The van der Waals surface area contributed by atoms with E-state index in [4.69, 9.17) is 16.9 Å². The maximum Gasteiger partial charge on any atom is 0.152 e. The van der Waals surface area contributed by atoms with Crippen LogP contribution in [0.3, 0.4) is 0 Å². The molecule has 4 heteroatoms. The van der Waals surface area contributed by atoms with Gasteiger partial charge in [0.1, 0.15) is 5.38 Å². The highest BCUT2D eigenvalue weighted by Gasteiger charge is 2.20. The average Bonchev–Trinajstić information content (AvgIpc) is 2.28. The van der Waals surface area contributed by atoms with Gasteiger partial charge in [-0.1, -0.05) is 12.1 Å². The van der Waals surface area contributed by atoms with Crippen LogP contribution in [0.5, 0.6) is 0 Å². The predicted molar refractivity (Wildman–Crippen MR) is 66.8 cm³/mol. The largest absolute Gasteiger partial charge is 0.298 e. The van der Waals surface area contributed by atoms with Gasteiger partial charge in [-0.2, -0.15) is 5.26 Å². The number of ketones is 1. The Morgan fingerprint density at radius 2 is 2.31 bits per heavy atom. The minimum atomic E-state index is -0.660. The molecule has 0 N–H and O–H groups in total. The number of halogens is 1. The van der Waals surface area contributed by atoms with E-state index in [1.54, 1.807) is 0 Å². The molecule has 0 bridgehead atoms. The van der Waals surface area contributed by atoms with Crippen molar-refractivity contribution in [1.29, 1.82) is 5.26 Å². The summed E-state index contributed by atoms with van der Waals surface area (Å²) in [6, 6.07) is 7.73. The monoisotopic (exact) mass is 253 g/mol. The summed E-state index contributed by atoms with van der Waals surface area (Å²) in [6.07, 6.45) is 2.21. The van der Waals surface area contributed by atoms with Crippen LogP contribution in [0.2, 0.25) is 0 Å². The van der Waals surface area contributed by atoms with E-state index in [1.165, 1.54) is 18.7 Å². The molecule has 0 amide bonds. The van der Waals surface area contributed by atoms with Crippen molar-refractivity contribution in [3.05, 3.63) is 29.3 Å². The lowest BCUT2D eigenvalue weighted by Gasteiger charge is -2.14. The molecule has 84 valence electrons. The van der Waals surface area contributed by atoms with Crippen molar-refractivity contribution in [1.82, 2.24) is 0 Å². The summed E-state index contributed by atoms with van der Waals surface area (Å²) in [7, 11) is 0. The Balaban J connectivity index is 3.30. The molecule has 1 aromatic rings. The number of carbonyl (C=O) groups excluding carboxylic acids is 1. The summed E-state index contributed by atoms with van der Waals surface area (Å²) >= 11 is 7.63. The lowest BCUT2D eigenvalue weighted by atomic mass is 10.0. The third kappa shape index (κ3) is 2.78. The normalized spacial score (nSPS) is 11.9. The number of alkyl halides is 1. The maximum atomic E-state index is 11.3. The highest BCUT2D eigenvalue weighted by Crippen LogP contribution is 2.33. The Labute approximate surface area is 105 Å². The zero-order valence-corrected chi connectivity index (χ0v) is 10.7. The van der Waals surface area contributed by atoms with E-state index in [1.807, 2.05) is 24.5 Å². The zero-order chi connectivity index (χ0) is 12.1. The van der Waals surface area contributed by atoms with E-state index in [-0.39, 0.29) is 12.2 Å². The van der Waals surface area contributed by atoms with Crippen molar-refractivity contribution in [3.63, 3.8) is 0 Å². The zero-order valence-electron chi connectivity index (χ0n) is 9.16. The van der Waals surface area contributed by atoms with Gasteiger partial charge in [0.2, 0.25) is 0 Å². The number of rotatable bonds is 4. The molecule has 1 aromatic carbocycles. The van der Waals surface area contributed by atoms with Crippen molar-refractivity contribution in [2.24, 2.45) is 0 Å². The Morgan fingerprint density at radius 3 is 2.81 bits per heavy atom. The van der Waals surface area contributed by atoms with Gasteiger partial charge in [-0.05, 0) is 30.4 Å². The number of nitriles is 1. The van der Waals surface area contributed by atoms with Crippen LogP contribution in [0, 0.1) is 11.3 Å². The highest BCUT2D eigenvalue weighted by molar-refractivity contribution is 7.98. The van der Waals surface area contributed by atoms with Crippen molar-refractivity contribution in [2.75, 3.05) is 6.26 Å². The van der Waals surface area contributed by atoms with E-state index >= 15 is 0 Å². The topological polar surface area (TPSA) is 40.9 Å². The summed E-state index contributed by atoms with van der Waals surface area (Å²) in [4.78, 5) is 12.3. The third-order valence-corrected chi connectivity index (χ3v) is 3.58. The van der Waals surface area contributed by atoms with Crippen molar-refractivity contribution in [3.8, 4) is 6.07 Å². The van der Waals surface area contributed by atoms with Crippen molar-refractivity contribution in [2.45, 2.75) is 23.6 Å². The number of Topliss-reactive ketones (excluding diaryl/α,β-unsaturated/α-hetero) is 1. The maximum absolute atomic E-state index is 11.3. The molecule has 0 fully saturated rings. The van der Waals surface area contributed by atoms with Gasteiger partial charge in [0.05, 0.1) is 12.5 Å². The number of nitrogens with zero attached hydrogens (tertiary/aromatic N) is 1. The summed E-state index contributed by atoms with van der Waals surface area (Å²) in [5, 5.41) is 8.08. The molecule has 1 atom stereocenters. The number of carbonyl (C=O) groups is 1. The molecule has 1 rings (SSSR count). The quantitative estimate of drug-likeness (QED) is 0.610. The molecule has 0 saturated heterocycles. The number of hydrogen-bond donors (Lipinski definition) is 0. The summed E-state index contributed by atoms with van der Waals surface area (Å²) < 4.78 is 0. The Kier molecular flexibility index (Phi) is 4.85. The first kappa shape index (κ1) is 13.1. The van der Waals surface area contributed by atoms with Gasteiger partial charge in [0.25, 0.3) is 0 Å². The molecule has 0 radical (unpaired) electrons. The van der Waals surface area contributed by atoms with Crippen LogP contribution in [0.25, 0.3) is 0 Å². The number of thioether (sulfide) groups is 1. The summed E-state index contributed by atoms with van der Waals surface area (Å²) in [5.74, 6) is -0.0950. The van der Waals surface area contributed by atoms with Crippen LogP contribution in [-0.2, 0) is 11.2 Å². The van der Waals surface area contributed by atoms with Gasteiger partial charge in [0, 0.05) is 4.90 Å². The fraction of sp³-hybridized carbons (Fsp3) is 0.333. The first-order valence-corrected chi connectivity index (χ1v) is 6.45. The van der Waals surface area contributed by atoms with Crippen LogP contribution in [0.15, 0.2) is 23.1 Å². The van der Waals surface area contributed by atoms with Crippen molar-refractivity contribution < 1.29 is 4.79 Å². The first-order chi connectivity index (χ1) is 7.61. The second-order valence-corrected chi connectivity index (χ2v) is 4.63. The molecule has 0 spiro atoms. The second-order valence-electron chi connectivity index (χ2n) is 3.34. The average molecular weight is 254 g/mol. The van der Waals surface area contributed by atoms with Gasteiger partial charge in [0.15, 0.2) is 5.78 Å². The summed E-state index contributed by atoms with van der Waals surface area (Å²) in [5.41, 5.74) is 1.62. The van der Waals surface area contributed by atoms with Gasteiger partial charge >= 0.3 is 0 Å². The standard InChI is InChI=1S/C12H12ClNOS/c1-8(15)12(13)11-9(6-7-14)4-3-5-10(11)16-2/h3-5,12H,6H2,1-2H3. The van der Waals surface area contributed by atoms with Crippen LogP contribution in [0.4, 0.5) is 0 Å². The van der Waals surface area contributed by atoms with Crippen LogP contribution < -0.4 is 0 Å². The molecule has 0 aliphatic carbocycles. The fourth-order valence-electron chi connectivity index (χ4n) is 1.50. The SMILES string of the molecule is CSc1cccc(CC#N)c1C(Cl)C(C)=O. The van der Waals surface area contributed by atoms with Gasteiger partial charge in [-0.3, -0.25) is 4.79 Å². The van der Waals surface area contributed by atoms with Gasteiger partial charge < -0.3 is 0 Å². The fourth-order valence-corrected chi connectivity index (χ4v) is 2.50. The van der Waals surface area contributed by atoms with Gasteiger partial charge in [-0.15, -0.1) is 23.4 Å². The second kappa shape index (κ2) is 5.93. The smallest absolute Gasteiger partial charge is 0.152 e. The van der Waals surface area contributed by atoms with Crippen molar-refractivity contribution >= 4 is 29.1 Å². The summed E-state index contributed by atoms with van der Waals surface area (Å²) in [6.45, 7) is 1.46. The lowest BCUT2D eigenvalue weighted by Crippen LogP contribution is -2.06. The molecule has 0 aliphatic rings. The Hall–Kier alpha value is -0.980. The first-order valence-electron chi connectivity index (χ1n) is 4.79. The molecular formula is C12H12ClNOS.